The molecule has 4 heteroatoms. The van der Waals surface area contributed by atoms with Gasteiger partial charge in [-0.15, -0.1) is 0 Å². The van der Waals surface area contributed by atoms with Gasteiger partial charge in [-0.25, -0.2) is 9.97 Å². The highest BCUT2D eigenvalue weighted by Crippen LogP contribution is 2.22. The van der Waals surface area contributed by atoms with Gasteiger partial charge in [-0.05, 0) is 24.8 Å². The molecule has 0 unspecified atom stereocenters. The summed E-state index contributed by atoms with van der Waals surface area (Å²) in [6.07, 6.45) is 7.97. The lowest BCUT2D eigenvalue weighted by molar-refractivity contribution is -0.120. The van der Waals surface area contributed by atoms with Crippen LogP contribution in [0.25, 0.3) is 0 Å². The van der Waals surface area contributed by atoms with E-state index in [1.807, 2.05) is 19.4 Å². The Balaban J connectivity index is 2.03. The van der Waals surface area contributed by atoms with Crippen LogP contribution in [0.1, 0.15) is 38.2 Å². The van der Waals surface area contributed by atoms with Crippen molar-refractivity contribution < 1.29 is 4.79 Å². The lowest BCUT2D eigenvalue weighted by Crippen LogP contribution is -2.36. The average molecular weight is 233 g/mol. The molecule has 0 aliphatic heterocycles. The van der Waals surface area contributed by atoms with Crippen LogP contribution in [0.2, 0.25) is 0 Å². The maximum Gasteiger partial charge on any atom is 0.225 e. The fraction of sp³-hybridized carbons (Fsp3) is 0.615. The summed E-state index contributed by atoms with van der Waals surface area (Å²) in [5.41, 5.74) is 1.15. The molecule has 0 spiro atoms. The number of carbonyl (C=O) groups is 1. The first kappa shape index (κ1) is 12.0. The van der Waals surface area contributed by atoms with Crippen molar-refractivity contribution in [3.63, 3.8) is 0 Å². The largest absolute Gasteiger partial charge is 0.341 e. The van der Waals surface area contributed by atoms with Crippen LogP contribution in [0.15, 0.2) is 12.4 Å². The van der Waals surface area contributed by atoms with Gasteiger partial charge in [-0.3, -0.25) is 4.79 Å². The predicted octanol–water partition coefficient (Wildman–Crippen LogP) is 1.99. The second-order valence-corrected chi connectivity index (χ2v) is 4.63. The molecule has 0 amide bonds. The lowest BCUT2D eigenvalue weighted by Gasteiger charge is -2.30. The van der Waals surface area contributed by atoms with E-state index in [1.54, 1.807) is 0 Å². The molecular formula is C13H19N3O. The summed E-state index contributed by atoms with van der Waals surface area (Å²) in [5, 5.41) is 0. The Hall–Kier alpha value is -1.45. The van der Waals surface area contributed by atoms with Gasteiger partial charge in [-0.2, -0.15) is 0 Å². The van der Waals surface area contributed by atoms with E-state index in [1.165, 1.54) is 0 Å². The minimum absolute atomic E-state index is 0.386. The van der Waals surface area contributed by atoms with E-state index >= 15 is 0 Å². The van der Waals surface area contributed by atoms with E-state index in [-0.39, 0.29) is 0 Å². The van der Waals surface area contributed by atoms with Crippen LogP contribution in [-0.4, -0.2) is 28.8 Å². The van der Waals surface area contributed by atoms with Crippen LogP contribution in [0, 0.1) is 0 Å². The molecule has 0 atom stereocenters. The number of rotatable bonds is 3. The van der Waals surface area contributed by atoms with Crippen LogP contribution in [0.4, 0.5) is 5.95 Å². The van der Waals surface area contributed by atoms with Crippen LogP contribution < -0.4 is 4.90 Å². The highest BCUT2D eigenvalue weighted by Gasteiger charge is 2.23. The zero-order chi connectivity index (χ0) is 12.3. The van der Waals surface area contributed by atoms with E-state index in [2.05, 4.69) is 21.8 Å². The Morgan fingerprint density at radius 3 is 2.41 bits per heavy atom. The smallest absolute Gasteiger partial charge is 0.225 e. The number of ketones is 1. The van der Waals surface area contributed by atoms with E-state index in [4.69, 9.17) is 0 Å². The van der Waals surface area contributed by atoms with E-state index in [0.29, 0.717) is 24.7 Å². The summed E-state index contributed by atoms with van der Waals surface area (Å²) in [6, 6.07) is 0.403. The summed E-state index contributed by atoms with van der Waals surface area (Å²) >= 11 is 0. The Bertz CT molecular complexity index is 378. The number of nitrogens with zero attached hydrogens (tertiary/aromatic N) is 3. The minimum Gasteiger partial charge on any atom is -0.341 e. The van der Waals surface area contributed by atoms with Crippen molar-refractivity contribution in [1.82, 2.24) is 9.97 Å². The standard InChI is InChI=1S/C13H19N3O/c1-3-10-8-14-13(15-9-10)16(2)11-4-6-12(17)7-5-11/h8-9,11H,3-7H2,1-2H3. The summed E-state index contributed by atoms with van der Waals surface area (Å²) in [4.78, 5) is 22.1. The van der Waals surface area contributed by atoms with Gasteiger partial charge in [0.05, 0.1) is 0 Å². The van der Waals surface area contributed by atoms with Gasteiger partial charge >= 0.3 is 0 Å². The topological polar surface area (TPSA) is 46.1 Å². The van der Waals surface area contributed by atoms with Gasteiger partial charge < -0.3 is 4.90 Å². The number of anilines is 1. The second-order valence-electron chi connectivity index (χ2n) is 4.63. The zero-order valence-electron chi connectivity index (χ0n) is 10.5. The van der Waals surface area contributed by atoms with E-state index in [9.17, 15) is 4.79 Å². The molecule has 1 saturated carbocycles. The van der Waals surface area contributed by atoms with Crippen molar-refractivity contribution >= 4 is 11.7 Å². The van der Waals surface area contributed by atoms with Crippen LogP contribution in [0.3, 0.4) is 0 Å². The lowest BCUT2D eigenvalue weighted by atomic mass is 9.93. The Morgan fingerprint density at radius 2 is 1.88 bits per heavy atom. The molecule has 1 fully saturated rings. The maximum atomic E-state index is 11.2. The maximum absolute atomic E-state index is 11.2. The van der Waals surface area contributed by atoms with Crippen molar-refractivity contribution in [3.05, 3.63) is 18.0 Å². The molecular weight excluding hydrogens is 214 g/mol. The van der Waals surface area contributed by atoms with Crippen molar-refractivity contribution in [2.75, 3.05) is 11.9 Å². The van der Waals surface area contributed by atoms with Crippen molar-refractivity contribution in [2.24, 2.45) is 0 Å². The molecule has 92 valence electrons. The van der Waals surface area contributed by atoms with Crippen molar-refractivity contribution in [3.8, 4) is 0 Å². The molecule has 0 radical (unpaired) electrons. The van der Waals surface area contributed by atoms with Gasteiger partial charge in [0.2, 0.25) is 5.95 Å². The molecule has 1 aliphatic carbocycles. The molecule has 0 aromatic carbocycles. The minimum atomic E-state index is 0.386. The summed E-state index contributed by atoms with van der Waals surface area (Å²) in [5.74, 6) is 1.15. The zero-order valence-corrected chi connectivity index (χ0v) is 10.5. The summed E-state index contributed by atoms with van der Waals surface area (Å²) in [6.45, 7) is 2.09. The Labute approximate surface area is 102 Å². The number of hydrogen-bond donors (Lipinski definition) is 0. The van der Waals surface area contributed by atoms with Crippen LogP contribution in [0.5, 0.6) is 0 Å². The molecule has 0 saturated heterocycles. The first-order valence-corrected chi connectivity index (χ1v) is 6.26. The summed E-state index contributed by atoms with van der Waals surface area (Å²) < 4.78 is 0. The first-order chi connectivity index (χ1) is 8.20. The highest BCUT2D eigenvalue weighted by molar-refractivity contribution is 5.79. The third-order valence-corrected chi connectivity index (χ3v) is 3.48. The molecule has 4 nitrogen and oxygen atoms in total. The van der Waals surface area contributed by atoms with E-state index in [0.717, 1.165) is 30.8 Å². The predicted molar refractivity (Wildman–Crippen MR) is 67.1 cm³/mol. The van der Waals surface area contributed by atoms with Crippen molar-refractivity contribution in [1.29, 1.82) is 0 Å². The van der Waals surface area contributed by atoms with Gasteiger partial charge in [0.1, 0.15) is 5.78 Å². The molecule has 1 aromatic rings. The quantitative estimate of drug-likeness (QED) is 0.801. The number of Topliss-reactive ketones (excluding diaryl/α,β-unsaturated/α-hetero) is 1. The average Bonchev–Trinajstić information content (AvgIpc) is 2.39. The van der Waals surface area contributed by atoms with Gasteiger partial charge in [0, 0.05) is 38.3 Å². The fourth-order valence-electron chi connectivity index (χ4n) is 2.19. The highest BCUT2D eigenvalue weighted by atomic mass is 16.1. The number of aryl methyl sites for hydroxylation is 1. The van der Waals surface area contributed by atoms with Crippen LogP contribution in [-0.2, 0) is 11.2 Å². The van der Waals surface area contributed by atoms with Crippen molar-refractivity contribution in [2.45, 2.75) is 45.1 Å². The van der Waals surface area contributed by atoms with Gasteiger partial charge in [-0.1, -0.05) is 6.92 Å². The molecule has 0 N–H and O–H groups in total. The van der Waals surface area contributed by atoms with E-state index < -0.39 is 0 Å². The number of hydrogen-bond acceptors (Lipinski definition) is 4. The molecule has 17 heavy (non-hydrogen) atoms. The SMILES string of the molecule is CCc1cnc(N(C)C2CCC(=O)CC2)nc1. The molecule has 1 aliphatic rings. The first-order valence-electron chi connectivity index (χ1n) is 6.26. The number of aromatic nitrogens is 2. The Kier molecular flexibility index (Phi) is 3.71. The molecule has 2 rings (SSSR count). The van der Waals surface area contributed by atoms with Gasteiger partial charge in [0.25, 0.3) is 0 Å². The third kappa shape index (κ3) is 2.81. The molecule has 1 heterocycles. The van der Waals surface area contributed by atoms with Crippen LogP contribution >= 0.6 is 0 Å². The van der Waals surface area contributed by atoms with Gasteiger partial charge in [0.15, 0.2) is 0 Å². The third-order valence-electron chi connectivity index (χ3n) is 3.48. The summed E-state index contributed by atoms with van der Waals surface area (Å²) in [7, 11) is 2.02. The monoisotopic (exact) mass is 233 g/mol. The number of carbonyl (C=O) groups excluding carboxylic acids is 1. The fourth-order valence-corrected chi connectivity index (χ4v) is 2.19. The molecule has 1 aromatic heterocycles. The normalized spacial score (nSPS) is 17.2. The Morgan fingerprint density at radius 1 is 1.29 bits per heavy atom. The molecule has 0 bridgehead atoms. The second kappa shape index (κ2) is 5.25.